The molecule has 3 rings (SSSR count). The standard InChI is InChI=1S/C23H22BrF4N3O3S/c1-14-3-2-4-16(19(14)25)11-35(33,34)12-18(21(32)31-22(13-29)9-10-22)30-20(23(26,27)28)15-5-7-17(24)8-6-15/h2-8,18,20,30H,9-12H2,1H3,(H,31,32)/t18-,20-/m0/s1. The predicted octanol–water partition coefficient (Wildman–Crippen LogP) is 4.25. The fraction of sp³-hybridized carbons (Fsp3) is 0.391. The van der Waals surface area contributed by atoms with Gasteiger partial charge in [0, 0.05) is 10.0 Å². The van der Waals surface area contributed by atoms with E-state index >= 15 is 0 Å². The van der Waals surface area contributed by atoms with Crippen LogP contribution in [-0.2, 0) is 20.4 Å². The smallest absolute Gasteiger partial charge is 0.336 e. The van der Waals surface area contributed by atoms with Crippen molar-refractivity contribution < 1.29 is 30.8 Å². The Labute approximate surface area is 208 Å². The van der Waals surface area contributed by atoms with Crippen LogP contribution in [0.5, 0.6) is 0 Å². The molecule has 2 aromatic rings. The van der Waals surface area contributed by atoms with Gasteiger partial charge in [0.2, 0.25) is 5.91 Å². The fourth-order valence-corrected chi connectivity index (χ4v) is 5.35. The van der Waals surface area contributed by atoms with E-state index in [9.17, 15) is 36.0 Å². The summed E-state index contributed by atoms with van der Waals surface area (Å²) in [5.74, 6) is -3.63. The molecule has 1 saturated carbocycles. The van der Waals surface area contributed by atoms with Crippen molar-refractivity contribution in [2.45, 2.75) is 49.3 Å². The minimum absolute atomic E-state index is 0.153. The summed E-state index contributed by atoms with van der Waals surface area (Å²) in [4.78, 5) is 12.9. The highest BCUT2D eigenvalue weighted by atomic mass is 79.9. The molecular weight excluding hydrogens is 554 g/mol. The predicted molar refractivity (Wildman–Crippen MR) is 124 cm³/mol. The highest BCUT2D eigenvalue weighted by Crippen LogP contribution is 2.36. The van der Waals surface area contributed by atoms with Crippen LogP contribution in [0.2, 0.25) is 0 Å². The van der Waals surface area contributed by atoms with Crippen molar-refractivity contribution >= 4 is 31.7 Å². The summed E-state index contributed by atoms with van der Waals surface area (Å²) in [7, 11) is -4.26. The number of hydrogen-bond donors (Lipinski definition) is 2. The Kier molecular flexibility index (Phi) is 7.93. The van der Waals surface area contributed by atoms with Gasteiger partial charge in [-0.25, -0.2) is 12.8 Å². The van der Waals surface area contributed by atoms with Crippen molar-refractivity contribution in [2.24, 2.45) is 0 Å². The van der Waals surface area contributed by atoms with E-state index in [-0.39, 0.29) is 16.7 Å². The molecule has 2 N–H and O–H groups in total. The largest absolute Gasteiger partial charge is 0.407 e. The third-order valence-electron chi connectivity index (χ3n) is 5.61. The lowest BCUT2D eigenvalue weighted by atomic mass is 10.1. The molecule has 0 unspecified atom stereocenters. The molecule has 2 atom stereocenters. The van der Waals surface area contributed by atoms with Gasteiger partial charge in [-0.05, 0) is 43.0 Å². The Morgan fingerprint density at radius 2 is 1.83 bits per heavy atom. The third kappa shape index (κ3) is 7.02. The maximum atomic E-state index is 14.4. The van der Waals surface area contributed by atoms with Crippen molar-refractivity contribution in [2.75, 3.05) is 5.75 Å². The second kappa shape index (κ2) is 10.2. The first kappa shape index (κ1) is 27.1. The number of halogens is 5. The summed E-state index contributed by atoms with van der Waals surface area (Å²) < 4.78 is 82.6. The van der Waals surface area contributed by atoms with Crippen molar-refractivity contribution in [3.8, 4) is 6.07 Å². The monoisotopic (exact) mass is 575 g/mol. The van der Waals surface area contributed by atoms with Gasteiger partial charge in [0.15, 0.2) is 9.84 Å². The normalized spacial score (nSPS) is 16.7. The van der Waals surface area contributed by atoms with Crippen LogP contribution in [0.25, 0.3) is 0 Å². The molecule has 1 fully saturated rings. The first-order chi connectivity index (χ1) is 16.3. The molecule has 12 heteroatoms. The number of aryl methyl sites for hydroxylation is 1. The molecule has 35 heavy (non-hydrogen) atoms. The molecule has 1 aliphatic rings. The van der Waals surface area contributed by atoms with Gasteiger partial charge < -0.3 is 5.32 Å². The fourth-order valence-electron chi connectivity index (χ4n) is 3.52. The molecular formula is C23H22BrF4N3O3S. The molecule has 188 valence electrons. The zero-order valence-electron chi connectivity index (χ0n) is 18.5. The topological polar surface area (TPSA) is 99.1 Å². The average molecular weight is 576 g/mol. The molecule has 0 radical (unpaired) electrons. The SMILES string of the molecule is Cc1cccc(CS(=O)(=O)C[C@H](N[C@@H](c2ccc(Br)cc2)C(F)(F)F)C(=O)NC2(C#N)CC2)c1F. The number of benzene rings is 2. The maximum absolute atomic E-state index is 14.4. The number of carbonyl (C=O) groups is 1. The van der Waals surface area contributed by atoms with Crippen LogP contribution in [0, 0.1) is 24.1 Å². The van der Waals surface area contributed by atoms with E-state index in [2.05, 4.69) is 26.6 Å². The van der Waals surface area contributed by atoms with Crippen LogP contribution in [0.4, 0.5) is 17.6 Å². The van der Waals surface area contributed by atoms with Crippen molar-refractivity contribution in [3.63, 3.8) is 0 Å². The molecule has 0 aliphatic heterocycles. The van der Waals surface area contributed by atoms with Crippen molar-refractivity contribution in [1.82, 2.24) is 10.6 Å². The molecule has 6 nitrogen and oxygen atoms in total. The molecule has 0 bridgehead atoms. The van der Waals surface area contributed by atoms with Gasteiger partial charge >= 0.3 is 6.18 Å². The van der Waals surface area contributed by atoms with E-state index in [4.69, 9.17) is 0 Å². The number of hydrogen-bond acceptors (Lipinski definition) is 5. The Bertz CT molecular complexity index is 1240. The number of carbonyl (C=O) groups excluding carboxylic acids is 1. The Balaban J connectivity index is 1.92. The van der Waals surface area contributed by atoms with Crippen LogP contribution in [-0.4, -0.2) is 37.8 Å². The van der Waals surface area contributed by atoms with E-state index in [1.54, 1.807) is 0 Å². The van der Waals surface area contributed by atoms with Gasteiger partial charge in [-0.15, -0.1) is 0 Å². The molecule has 0 spiro atoms. The van der Waals surface area contributed by atoms with E-state index < -0.39 is 56.9 Å². The van der Waals surface area contributed by atoms with E-state index in [1.165, 1.54) is 49.4 Å². The van der Waals surface area contributed by atoms with E-state index in [0.717, 1.165) is 0 Å². The molecule has 0 aromatic heterocycles. The van der Waals surface area contributed by atoms with Gasteiger partial charge in [0.1, 0.15) is 23.4 Å². The summed E-state index contributed by atoms with van der Waals surface area (Å²) >= 11 is 3.14. The van der Waals surface area contributed by atoms with E-state index in [0.29, 0.717) is 17.3 Å². The lowest BCUT2D eigenvalue weighted by Gasteiger charge is -2.28. The zero-order chi connectivity index (χ0) is 26.0. The van der Waals surface area contributed by atoms with Gasteiger partial charge in [-0.3, -0.25) is 10.1 Å². The van der Waals surface area contributed by atoms with Crippen LogP contribution in [0.15, 0.2) is 46.9 Å². The molecule has 2 aromatic carbocycles. The third-order valence-corrected chi connectivity index (χ3v) is 7.73. The first-order valence-corrected chi connectivity index (χ1v) is 13.1. The second-order valence-corrected chi connectivity index (χ2v) is 11.6. The number of rotatable bonds is 9. The number of alkyl halides is 3. The number of amides is 1. The quantitative estimate of drug-likeness (QED) is 0.436. The van der Waals surface area contributed by atoms with Gasteiger partial charge in [-0.2, -0.15) is 18.4 Å². The minimum Gasteiger partial charge on any atom is -0.336 e. The van der Waals surface area contributed by atoms with Gasteiger partial charge in [0.25, 0.3) is 0 Å². The first-order valence-electron chi connectivity index (χ1n) is 10.5. The minimum atomic E-state index is -4.87. The Morgan fingerprint density at radius 3 is 2.37 bits per heavy atom. The Hall–Kier alpha value is -2.49. The van der Waals surface area contributed by atoms with Crippen LogP contribution >= 0.6 is 15.9 Å². The Morgan fingerprint density at radius 1 is 1.20 bits per heavy atom. The van der Waals surface area contributed by atoms with Crippen LogP contribution < -0.4 is 10.6 Å². The lowest BCUT2D eigenvalue weighted by Crippen LogP contribution is -2.54. The highest BCUT2D eigenvalue weighted by molar-refractivity contribution is 9.10. The summed E-state index contributed by atoms with van der Waals surface area (Å²) in [5, 5.41) is 13.8. The molecule has 1 aliphatic carbocycles. The zero-order valence-corrected chi connectivity index (χ0v) is 20.9. The second-order valence-electron chi connectivity index (χ2n) is 8.53. The number of sulfone groups is 1. The number of nitrogens with zero attached hydrogens (tertiary/aromatic N) is 1. The van der Waals surface area contributed by atoms with Crippen LogP contribution in [0.1, 0.15) is 35.6 Å². The number of nitrogens with one attached hydrogen (secondary N) is 2. The molecule has 1 amide bonds. The molecule has 0 saturated heterocycles. The maximum Gasteiger partial charge on any atom is 0.407 e. The van der Waals surface area contributed by atoms with Gasteiger partial charge in [-0.1, -0.05) is 46.3 Å². The van der Waals surface area contributed by atoms with Gasteiger partial charge in [0.05, 0.1) is 17.6 Å². The summed E-state index contributed by atoms with van der Waals surface area (Å²) in [6, 6.07) is 7.00. The summed E-state index contributed by atoms with van der Waals surface area (Å²) in [6.45, 7) is 1.45. The van der Waals surface area contributed by atoms with Crippen molar-refractivity contribution in [3.05, 3.63) is 69.4 Å². The average Bonchev–Trinajstić information content (AvgIpc) is 3.54. The lowest BCUT2D eigenvalue weighted by molar-refractivity contribution is -0.160. The number of nitriles is 1. The summed E-state index contributed by atoms with van der Waals surface area (Å²) in [6.07, 6.45) is -4.26. The van der Waals surface area contributed by atoms with Crippen molar-refractivity contribution in [1.29, 1.82) is 5.26 Å². The van der Waals surface area contributed by atoms with Crippen LogP contribution in [0.3, 0.4) is 0 Å². The van der Waals surface area contributed by atoms with E-state index in [1.807, 2.05) is 6.07 Å². The molecule has 0 heterocycles. The summed E-state index contributed by atoms with van der Waals surface area (Å²) in [5.41, 5.74) is -1.40. The highest BCUT2D eigenvalue weighted by Gasteiger charge is 2.48.